The lowest BCUT2D eigenvalue weighted by Gasteiger charge is -2.14. The Bertz CT molecular complexity index is 243. The average molecular weight is 203 g/mol. The molecule has 0 saturated carbocycles. The summed E-state index contributed by atoms with van der Waals surface area (Å²) < 4.78 is 5.39. The van der Waals surface area contributed by atoms with Gasteiger partial charge in [0.2, 0.25) is 0 Å². The maximum atomic E-state index is 11.7. The molecule has 3 heteroatoms. The van der Waals surface area contributed by atoms with Gasteiger partial charge in [-0.1, -0.05) is 17.2 Å². The molecule has 1 aliphatic rings. The molecule has 1 fully saturated rings. The van der Waals surface area contributed by atoms with E-state index in [1.165, 1.54) is 5.54 Å². The molecular formula is C10H15ClO2. The first-order valence-corrected chi connectivity index (χ1v) is 4.85. The summed E-state index contributed by atoms with van der Waals surface area (Å²) in [7, 11) is 0. The molecule has 13 heavy (non-hydrogen) atoms. The van der Waals surface area contributed by atoms with E-state index in [-0.39, 0.29) is 11.7 Å². The van der Waals surface area contributed by atoms with Gasteiger partial charge in [-0.05, 0) is 27.2 Å². The summed E-state index contributed by atoms with van der Waals surface area (Å²) in [6, 6.07) is 0. The lowest BCUT2D eigenvalue weighted by atomic mass is 9.91. The van der Waals surface area contributed by atoms with Crippen LogP contribution in [0, 0.1) is 5.92 Å². The van der Waals surface area contributed by atoms with Crippen LogP contribution in [0.5, 0.6) is 0 Å². The van der Waals surface area contributed by atoms with Gasteiger partial charge in [0.15, 0.2) is 5.78 Å². The van der Waals surface area contributed by atoms with E-state index < -0.39 is 5.60 Å². The van der Waals surface area contributed by atoms with Crippen LogP contribution in [-0.2, 0) is 9.53 Å². The topological polar surface area (TPSA) is 26.3 Å². The van der Waals surface area contributed by atoms with Crippen LogP contribution in [0.15, 0.2) is 11.1 Å². The largest absolute Gasteiger partial charge is 0.367 e. The van der Waals surface area contributed by atoms with Gasteiger partial charge >= 0.3 is 0 Å². The van der Waals surface area contributed by atoms with E-state index in [0.29, 0.717) is 13.0 Å². The van der Waals surface area contributed by atoms with Gasteiger partial charge in [-0.2, -0.15) is 0 Å². The lowest BCUT2D eigenvalue weighted by molar-refractivity contribution is -0.130. The van der Waals surface area contributed by atoms with Gasteiger partial charge in [-0.3, -0.25) is 4.79 Å². The first-order valence-electron chi connectivity index (χ1n) is 4.41. The molecule has 1 atom stereocenters. The third-order valence-corrected chi connectivity index (χ3v) is 2.74. The first-order chi connectivity index (χ1) is 5.97. The molecule has 0 aromatic heterocycles. The highest BCUT2D eigenvalue weighted by Gasteiger charge is 2.41. The number of halogens is 1. The highest BCUT2D eigenvalue weighted by atomic mass is 35.5. The third kappa shape index (κ3) is 2.32. The number of Topliss-reactive ketones (excluding diaryl/α,β-unsaturated/α-hetero) is 1. The van der Waals surface area contributed by atoms with E-state index >= 15 is 0 Å². The number of carbonyl (C=O) groups excluding carboxylic acids is 1. The zero-order valence-electron chi connectivity index (χ0n) is 8.26. The predicted molar refractivity (Wildman–Crippen MR) is 52.8 cm³/mol. The van der Waals surface area contributed by atoms with Crippen molar-refractivity contribution in [2.75, 3.05) is 6.61 Å². The molecule has 2 nitrogen and oxygen atoms in total. The predicted octanol–water partition coefficient (Wildman–Crippen LogP) is 2.51. The summed E-state index contributed by atoms with van der Waals surface area (Å²) in [6.07, 6.45) is 0.714. The van der Waals surface area contributed by atoms with Gasteiger partial charge in [0, 0.05) is 11.5 Å². The standard InChI is InChI=1S/C10H15ClO2/c1-7(5-11)4-8-6-13-10(2,3)9(8)12/h5,8H,4,6H2,1-3H3/b7-5+. The quantitative estimate of drug-likeness (QED) is 0.688. The average Bonchev–Trinajstić information content (AvgIpc) is 2.32. The molecule has 0 bridgehead atoms. The van der Waals surface area contributed by atoms with Gasteiger partial charge in [-0.25, -0.2) is 0 Å². The third-order valence-electron chi connectivity index (χ3n) is 2.36. The Morgan fingerprint density at radius 3 is 2.77 bits per heavy atom. The fraction of sp³-hybridized carbons (Fsp3) is 0.700. The van der Waals surface area contributed by atoms with Crippen molar-refractivity contribution in [3.05, 3.63) is 11.1 Å². The van der Waals surface area contributed by atoms with Crippen LogP contribution >= 0.6 is 11.6 Å². The molecule has 0 aliphatic carbocycles. The van der Waals surface area contributed by atoms with Crippen LogP contribution in [0.2, 0.25) is 0 Å². The zero-order valence-corrected chi connectivity index (χ0v) is 9.02. The van der Waals surface area contributed by atoms with Gasteiger partial charge < -0.3 is 4.74 Å². The molecule has 0 radical (unpaired) electrons. The van der Waals surface area contributed by atoms with Crippen LogP contribution in [-0.4, -0.2) is 18.0 Å². The Labute approximate surface area is 83.9 Å². The number of ketones is 1. The minimum Gasteiger partial charge on any atom is -0.367 e. The smallest absolute Gasteiger partial charge is 0.169 e. The number of hydrogen-bond donors (Lipinski definition) is 0. The van der Waals surface area contributed by atoms with Crippen molar-refractivity contribution < 1.29 is 9.53 Å². The molecular weight excluding hydrogens is 188 g/mol. The van der Waals surface area contributed by atoms with Crippen LogP contribution in [0.25, 0.3) is 0 Å². The van der Waals surface area contributed by atoms with E-state index in [9.17, 15) is 4.79 Å². The summed E-state index contributed by atoms with van der Waals surface area (Å²) in [4.78, 5) is 11.7. The number of allylic oxidation sites excluding steroid dienone is 1. The van der Waals surface area contributed by atoms with Crippen LogP contribution in [0.4, 0.5) is 0 Å². The molecule has 0 amide bonds. The Kier molecular flexibility index (Phi) is 3.14. The fourth-order valence-electron chi connectivity index (χ4n) is 1.53. The van der Waals surface area contributed by atoms with Crippen molar-refractivity contribution in [1.82, 2.24) is 0 Å². The minimum absolute atomic E-state index is 0.00926. The molecule has 1 saturated heterocycles. The Morgan fingerprint density at radius 2 is 2.38 bits per heavy atom. The fourth-order valence-corrected chi connectivity index (χ4v) is 1.62. The molecule has 1 heterocycles. The van der Waals surface area contributed by atoms with Crippen LogP contribution < -0.4 is 0 Å². The minimum atomic E-state index is -0.600. The maximum absolute atomic E-state index is 11.7. The molecule has 1 aliphatic heterocycles. The number of carbonyl (C=O) groups is 1. The van der Waals surface area contributed by atoms with Crippen molar-refractivity contribution in [3.8, 4) is 0 Å². The molecule has 74 valence electrons. The van der Waals surface area contributed by atoms with Gasteiger partial charge in [0.05, 0.1) is 6.61 Å². The van der Waals surface area contributed by atoms with E-state index in [2.05, 4.69) is 0 Å². The van der Waals surface area contributed by atoms with Gasteiger partial charge in [-0.15, -0.1) is 0 Å². The monoisotopic (exact) mass is 202 g/mol. The zero-order chi connectivity index (χ0) is 10.1. The summed E-state index contributed by atoms with van der Waals surface area (Å²) in [5.74, 6) is 0.176. The van der Waals surface area contributed by atoms with Crippen molar-refractivity contribution in [1.29, 1.82) is 0 Å². The molecule has 0 aromatic carbocycles. The maximum Gasteiger partial charge on any atom is 0.169 e. The number of rotatable bonds is 2. The summed E-state index contributed by atoms with van der Waals surface area (Å²) in [5, 5.41) is 0. The van der Waals surface area contributed by atoms with Crippen molar-refractivity contribution in [2.24, 2.45) is 5.92 Å². The number of hydrogen-bond acceptors (Lipinski definition) is 2. The Balaban J connectivity index is 2.61. The highest BCUT2D eigenvalue weighted by Crippen LogP contribution is 2.29. The van der Waals surface area contributed by atoms with E-state index in [1.807, 2.05) is 20.8 Å². The first kappa shape index (κ1) is 10.7. The lowest BCUT2D eigenvalue weighted by Crippen LogP contribution is -2.29. The highest BCUT2D eigenvalue weighted by molar-refractivity contribution is 6.25. The molecule has 1 unspecified atom stereocenters. The summed E-state index contributed by atoms with van der Waals surface area (Å²) >= 11 is 5.54. The van der Waals surface area contributed by atoms with E-state index in [1.54, 1.807) is 0 Å². The normalized spacial score (nSPS) is 28.2. The van der Waals surface area contributed by atoms with Crippen LogP contribution in [0.1, 0.15) is 27.2 Å². The molecule has 0 N–H and O–H groups in total. The summed E-state index contributed by atoms with van der Waals surface area (Å²) in [6.45, 7) is 6.07. The summed E-state index contributed by atoms with van der Waals surface area (Å²) in [5.41, 5.74) is 1.96. The van der Waals surface area contributed by atoms with E-state index in [4.69, 9.17) is 16.3 Å². The van der Waals surface area contributed by atoms with Crippen molar-refractivity contribution in [3.63, 3.8) is 0 Å². The van der Waals surface area contributed by atoms with E-state index in [0.717, 1.165) is 5.57 Å². The van der Waals surface area contributed by atoms with Crippen LogP contribution in [0.3, 0.4) is 0 Å². The molecule has 1 rings (SSSR count). The second-order valence-corrected chi connectivity index (χ2v) is 4.26. The second kappa shape index (κ2) is 3.81. The second-order valence-electron chi connectivity index (χ2n) is 4.04. The van der Waals surface area contributed by atoms with Gasteiger partial charge in [0.25, 0.3) is 0 Å². The molecule has 0 spiro atoms. The number of ether oxygens (including phenoxy) is 1. The van der Waals surface area contributed by atoms with Crippen molar-refractivity contribution >= 4 is 17.4 Å². The SMILES string of the molecule is C/C(=C\Cl)CC1COC(C)(C)C1=O. The molecule has 0 aromatic rings. The Morgan fingerprint density at radius 1 is 1.77 bits per heavy atom. The van der Waals surface area contributed by atoms with Crippen molar-refractivity contribution in [2.45, 2.75) is 32.8 Å². The Hall–Kier alpha value is -0.340. The van der Waals surface area contributed by atoms with Gasteiger partial charge in [0.1, 0.15) is 5.60 Å².